The first-order valence-corrected chi connectivity index (χ1v) is 12.4. The lowest BCUT2D eigenvalue weighted by Gasteiger charge is -2.34. The number of alkyl carbamates (subject to hydrolysis) is 1. The maximum absolute atomic E-state index is 14.8. The van der Waals surface area contributed by atoms with Gasteiger partial charge in [-0.25, -0.2) is 26.4 Å². The smallest absolute Gasteiger partial charge is 0.408 e. The molecule has 1 unspecified atom stereocenters. The molecule has 11 heteroatoms. The Hall–Kier alpha value is -2.58. The standard InChI is InChI=1S/C22H22BrF3N2O4S/c1-21(14-27,33(2,30)31)8-9-22(13-24,17-10-16(23)11-18(25)19(17)26)28-20(29)32-12-15-6-4-3-5-7-15/h3-7,10-11H,8-9,12-13H2,1-2H3,(H,28,29)/t21?,22-/m1/s1. The summed E-state index contributed by atoms with van der Waals surface area (Å²) in [6.45, 7) is -0.466. The van der Waals surface area contributed by atoms with Crippen LogP contribution >= 0.6 is 15.9 Å². The van der Waals surface area contributed by atoms with Crippen LogP contribution in [0.5, 0.6) is 0 Å². The summed E-state index contributed by atoms with van der Waals surface area (Å²) in [4.78, 5) is 12.5. The topological polar surface area (TPSA) is 96.3 Å². The third-order valence-electron chi connectivity index (χ3n) is 5.37. The van der Waals surface area contributed by atoms with Gasteiger partial charge in [-0.1, -0.05) is 46.3 Å². The molecule has 6 nitrogen and oxygen atoms in total. The van der Waals surface area contributed by atoms with E-state index in [1.54, 1.807) is 36.4 Å². The number of carbonyl (C=O) groups excluding carboxylic acids is 1. The normalized spacial score (nSPS) is 15.1. The average molecular weight is 547 g/mol. The molecule has 0 aliphatic rings. The van der Waals surface area contributed by atoms with Gasteiger partial charge in [0.15, 0.2) is 26.2 Å². The zero-order valence-corrected chi connectivity index (χ0v) is 20.3. The Labute approximate surface area is 198 Å². The molecule has 1 N–H and O–H groups in total. The SMILES string of the molecule is CC(C#N)(CC[C@](CF)(NC(=O)OCc1ccccc1)c1cc(Br)cc(F)c1F)S(C)(=O)=O. The fourth-order valence-corrected chi connectivity index (χ4v) is 4.14. The number of sulfone groups is 1. The van der Waals surface area contributed by atoms with E-state index >= 15 is 0 Å². The van der Waals surface area contributed by atoms with Gasteiger partial charge in [-0.15, -0.1) is 0 Å². The minimum Gasteiger partial charge on any atom is -0.445 e. The van der Waals surface area contributed by atoms with E-state index in [0.29, 0.717) is 5.56 Å². The minimum absolute atomic E-state index is 0.0693. The van der Waals surface area contributed by atoms with Crippen LogP contribution < -0.4 is 5.32 Å². The molecule has 0 aromatic heterocycles. The Morgan fingerprint density at radius 2 is 1.85 bits per heavy atom. The second-order valence-corrected chi connectivity index (χ2v) is 11.1. The first-order chi connectivity index (χ1) is 15.4. The van der Waals surface area contributed by atoms with Crippen molar-refractivity contribution in [2.45, 2.75) is 36.7 Å². The lowest BCUT2D eigenvalue weighted by molar-refractivity contribution is 0.115. The third-order valence-corrected chi connectivity index (χ3v) is 7.76. The van der Waals surface area contributed by atoms with Gasteiger partial charge in [-0.2, -0.15) is 5.26 Å². The van der Waals surface area contributed by atoms with Crippen LogP contribution in [-0.2, 0) is 26.7 Å². The van der Waals surface area contributed by atoms with Crippen LogP contribution in [0.15, 0.2) is 46.9 Å². The highest BCUT2D eigenvalue weighted by Crippen LogP contribution is 2.36. The van der Waals surface area contributed by atoms with E-state index in [1.807, 2.05) is 0 Å². The monoisotopic (exact) mass is 546 g/mol. The summed E-state index contributed by atoms with van der Waals surface area (Å²) >= 11 is 3.01. The fourth-order valence-electron chi connectivity index (χ4n) is 3.07. The largest absolute Gasteiger partial charge is 0.445 e. The number of rotatable bonds is 9. The molecule has 0 fully saturated rings. The molecule has 178 valence electrons. The molecule has 2 aromatic carbocycles. The van der Waals surface area contributed by atoms with Crippen LogP contribution in [0.2, 0.25) is 0 Å². The Bertz CT molecular complexity index is 1160. The molecule has 2 atom stereocenters. The molecule has 0 spiro atoms. The summed E-state index contributed by atoms with van der Waals surface area (Å²) in [6.07, 6.45) is -1.30. The molecule has 0 radical (unpaired) electrons. The number of nitrogens with zero attached hydrogens (tertiary/aromatic N) is 1. The molecular weight excluding hydrogens is 525 g/mol. The van der Waals surface area contributed by atoms with E-state index < -0.39 is 62.9 Å². The summed E-state index contributed by atoms with van der Waals surface area (Å²) in [6, 6.07) is 12.1. The van der Waals surface area contributed by atoms with E-state index in [-0.39, 0.29) is 11.1 Å². The van der Waals surface area contributed by atoms with Gasteiger partial charge >= 0.3 is 6.09 Å². The number of alkyl halides is 1. The zero-order valence-electron chi connectivity index (χ0n) is 17.9. The van der Waals surface area contributed by atoms with E-state index in [9.17, 15) is 31.6 Å². The number of halogens is 4. The average Bonchev–Trinajstić information content (AvgIpc) is 2.77. The molecule has 0 heterocycles. The molecule has 33 heavy (non-hydrogen) atoms. The van der Waals surface area contributed by atoms with Crippen LogP contribution in [0.4, 0.5) is 18.0 Å². The number of nitriles is 1. The first-order valence-electron chi connectivity index (χ1n) is 9.68. The Morgan fingerprint density at radius 1 is 1.21 bits per heavy atom. The summed E-state index contributed by atoms with van der Waals surface area (Å²) in [5.74, 6) is -2.72. The molecule has 0 aliphatic heterocycles. The quantitative estimate of drug-likeness (QED) is 0.450. The molecular formula is C22H22BrF3N2O4S. The molecule has 0 aliphatic carbocycles. The second-order valence-electron chi connectivity index (χ2n) is 7.77. The number of benzene rings is 2. The Morgan fingerprint density at radius 3 is 2.39 bits per heavy atom. The number of hydrogen-bond donors (Lipinski definition) is 1. The van der Waals surface area contributed by atoms with Gasteiger partial charge in [0.2, 0.25) is 0 Å². The molecule has 1 amide bonds. The van der Waals surface area contributed by atoms with Crippen LogP contribution in [-0.4, -0.2) is 32.2 Å². The lowest BCUT2D eigenvalue weighted by Crippen LogP contribution is -2.50. The molecule has 0 bridgehead atoms. The van der Waals surface area contributed by atoms with Crippen molar-refractivity contribution in [3.8, 4) is 6.07 Å². The van der Waals surface area contributed by atoms with Gasteiger partial charge in [0, 0.05) is 16.3 Å². The predicted octanol–water partition coefficient (Wildman–Crippen LogP) is 4.93. The van der Waals surface area contributed by atoms with Crippen molar-refractivity contribution in [2.24, 2.45) is 0 Å². The third kappa shape index (κ3) is 6.26. The van der Waals surface area contributed by atoms with Crippen molar-refractivity contribution >= 4 is 31.9 Å². The Balaban J connectivity index is 2.44. The van der Waals surface area contributed by atoms with Crippen LogP contribution in [0, 0.1) is 23.0 Å². The molecule has 0 saturated heterocycles. The highest BCUT2D eigenvalue weighted by atomic mass is 79.9. The fraction of sp³-hybridized carbons (Fsp3) is 0.364. The summed E-state index contributed by atoms with van der Waals surface area (Å²) in [7, 11) is -3.93. The van der Waals surface area contributed by atoms with E-state index in [4.69, 9.17) is 4.74 Å². The number of carbonyl (C=O) groups is 1. The van der Waals surface area contributed by atoms with Gasteiger partial charge in [0.05, 0.1) is 11.6 Å². The van der Waals surface area contributed by atoms with Crippen molar-refractivity contribution in [3.05, 3.63) is 69.7 Å². The number of nitrogens with one attached hydrogen (secondary N) is 1. The molecule has 2 aromatic rings. The summed E-state index contributed by atoms with van der Waals surface area (Å²) in [5, 5.41) is 11.7. The molecule has 0 saturated carbocycles. The number of ether oxygens (including phenoxy) is 1. The van der Waals surface area contributed by atoms with Crippen LogP contribution in [0.3, 0.4) is 0 Å². The summed E-state index contributed by atoms with van der Waals surface area (Å²) < 4.78 is 70.9. The van der Waals surface area contributed by atoms with Gasteiger partial charge in [-0.3, -0.25) is 0 Å². The van der Waals surface area contributed by atoms with Gasteiger partial charge < -0.3 is 10.1 Å². The maximum Gasteiger partial charge on any atom is 0.408 e. The van der Waals surface area contributed by atoms with E-state index in [0.717, 1.165) is 25.3 Å². The van der Waals surface area contributed by atoms with E-state index in [1.165, 1.54) is 0 Å². The summed E-state index contributed by atoms with van der Waals surface area (Å²) in [5.41, 5.74) is -2.12. The van der Waals surface area contributed by atoms with E-state index in [2.05, 4.69) is 21.2 Å². The van der Waals surface area contributed by atoms with Gasteiger partial charge in [0.1, 0.15) is 13.3 Å². The van der Waals surface area contributed by atoms with Crippen molar-refractivity contribution in [2.75, 3.05) is 12.9 Å². The molecule has 2 rings (SSSR count). The van der Waals surface area contributed by atoms with Crippen LogP contribution in [0.25, 0.3) is 0 Å². The van der Waals surface area contributed by atoms with Crippen molar-refractivity contribution in [3.63, 3.8) is 0 Å². The predicted molar refractivity (Wildman–Crippen MR) is 120 cm³/mol. The second kappa shape index (κ2) is 10.6. The van der Waals surface area contributed by atoms with Crippen molar-refractivity contribution in [1.29, 1.82) is 5.26 Å². The number of hydrogen-bond acceptors (Lipinski definition) is 5. The minimum atomic E-state index is -3.93. The lowest BCUT2D eigenvalue weighted by atomic mass is 9.83. The zero-order chi connectivity index (χ0) is 24.9. The number of amides is 1. The van der Waals surface area contributed by atoms with Gasteiger partial charge in [-0.05, 0) is 37.5 Å². The Kier molecular flexibility index (Phi) is 8.54. The highest BCUT2D eigenvalue weighted by Gasteiger charge is 2.44. The first kappa shape index (κ1) is 26.7. The van der Waals surface area contributed by atoms with Crippen LogP contribution in [0.1, 0.15) is 30.9 Å². The maximum atomic E-state index is 14.8. The van der Waals surface area contributed by atoms with Crippen molar-refractivity contribution in [1.82, 2.24) is 5.32 Å². The van der Waals surface area contributed by atoms with Gasteiger partial charge in [0.25, 0.3) is 0 Å². The van der Waals surface area contributed by atoms with Crippen molar-refractivity contribution < 1.29 is 31.1 Å². The highest BCUT2D eigenvalue weighted by molar-refractivity contribution is 9.10.